The van der Waals surface area contributed by atoms with Crippen LogP contribution in [0.1, 0.15) is 59.8 Å². The van der Waals surface area contributed by atoms with Gasteiger partial charge in [0.2, 0.25) is 5.76 Å². The van der Waals surface area contributed by atoms with E-state index in [1.807, 2.05) is 23.1 Å². The first-order valence-corrected chi connectivity index (χ1v) is 9.19. The van der Waals surface area contributed by atoms with Gasteiger partial charge in [-0.3, -0.25) is 4.79 Å². The molecule has 1 saturated heterocycles. The summed E-state index contributed by atoms with van der Waals surface area (Å²) in [7, 11) is 0. The molecule has 5 heteroatoms. The van der Waals surface area contributed by atoms with Crippen LogP contribution in [0.4, 0.5) is 4.39 Å². The molecule has 4 rings (SSSR count). The number of benzene rings is 1. The van der Waals surface area contributed by atoms with Crippen molar-refractivity contribution in [3.05, 3.63) is 53.2 Å². The highest BCUT2D eigenvalue weighted by Crippen LogP contribution is 2.39. The quantitative estimate of drug-likeness (QED) is 0.819. The molecule has 1 aromatic heterocycles. The third kappa shape index (κ3) is 3.91. The number of halogens is 1. The minimum Gasteiger partial charge on any atom is -0.351 e. The van der Waals surface area contributed by atoms with Crippen LogP contribution in [-0.2, 0) is 6.42 Å². The average molecular weight is 342 g/mol. The lowest BCUT2D eigenvalue weighted by atomic mass is 9.91. The standard InChI is InChI=1S/C20H23FN2O2/c21-17-9-5-14(6-10-17)3-4-15-2-1-11-23(13-15)20(24)19-12-18(22-25-19)16-7-8-16/h5-6,9-10,12,15-16H,1-4,7-8,11,13H2/t15-/m0/s1. The fraction of sp³-hybridized carbons (Fsp3) is 0.500. The Morgan fingerprint density at radius 3 is 2.80 bits per heavy atom. The molecule has 1 amide bonds. The monoisotopic (exact) mass is 342 g/mol. The summed E-state index contributed by atoms with van der Waals surface area (Å²) in [5.41, 5.74) is 2.07. The number of piperidine rings is 1. The average Bonchev–Trinajstić information content (AvgIpc) is 3.38. The number of carbonyl (C=O) groups excluding carboxylic acids is 1. The van der Waals surface area contributed by atoms with Crippen molar-refractivity contribution >= 4 is 5.91 Å². The Labute approximate surface area is 147 Å². The second kappa shape index (κ2) is 6.98. The lowest BCUT2D eigenvalue weighted by molar-refractivity contribution is 0.0626. The molecule has 2 heterocycles. The normalized spacial score (nSPS) is 20.7. The molecule has 0 bridgehead atoms. The molecule has 1 saturated carbocycles. The Kier molecular flexibility index (Phi) is 4.55. The topological polar surface area (TPSA) is 46.3 Å². The Morgan fingerprint density at radius 2 is 2.04 bits per heavy atom. The van der Waals surface area contributed by atoms with Gasteiger partial charge in [0, 0.05) is 25.1 Å². The second-order valence-corrected chi connectivity index (χ2v) is 7.31. The third-order valence-corrected chi connectivity index (χ3v) is 5.30. The number of hydrogen-bond donors (Lipinski definition) is 0. The van der Waals surface area contributed by atoms with Crippen molar-refractivity contribution in [2.24, 2.45) is 5.92 Å². The van der Waals surface area contributed by atoms with Gasteiger partial charge in [0.1, 0.15) is 5.82 Å². The first-order valence-electron chi connectivity index (χ1n) is 9.19. The van der Waals surface area contributed by atoms with Gasteiger partial charge in [-0.2, -0.15) is 0 Å². The van der Waals surface area contributed by atoms with Gasteiger partial charge in [0.05, 0.1) is 5.69 Å². The zero-order valence-corrected chi connectivity index (χ0v) is 14.3. The van der Waals surface area contributed by atoms with E-state index in [1.54, 1.807) is 0 Å². The van der Waals surface area contributed by atoms with E-state index in [4.69, 9.17) is 4.52 Å². The summed E-state index contributed by atoms with van der Waals surface area (Å²) in [6.07, 6.45) is 6.38. The fourth-order valence-electron chi connectivity index (χ4n) is 3.62. The molecule has 25 heavy (non-hydrogen) atoms. The highest BCUT2D eigenvalue weighted by atomic mass is 19.1. The smallest absolute Gasteiger partial charge is 0.292 e. The Bertz CT molecular complexity index is 736. The van der Waals surface area contributed by atoms with Gasteiger partial charge >= 0.3 is 0 Å². The van der Waals surface area contributed by atoms with Gasteiger partial charge in [0.25, 0.3) is 5.91 Å². The maximum absolute atomic E-state index is 13.0. The van der Waals surface area contributed by atoms with Crippen LogP contribution in [0.3, 0.4) is 0 Å². The molecule has 0 N–H and O–H groups in total. The summed E-state index contributed by atoms with van der Waals surface area (Å²) in [5, 5.41) is 4.04. The molecule has 0 spiro atoms. The summed E-state index contributed by atoms with van der Waals surface area (Å²) in [4.78, 5) is 14.6. The van der Waals surface area contributed by atoms with Crippen molar-refractivity contribution in [3.63, 3.8) is 0 Å². The number of carbonyl (C=O) groups is 1. The van der Waals surface area contributed by atoms with Crippen LogP contribution in [-0.4, -0.2) is 29.1 Å². The Balaban J connectivity index is 1.33. The summed E-state index contributed by atoms with van der Waals surface area (Å²) in [5.74, 6) is 1.12. The van der Waals surface area contributed by atoms with Crippen molar-refractivity contribution in [1.82, 2.24) is 10.1 Å². The Hall–Kier alpha value is -2.17. The number of amides is 1. The predicted octanol–water partition coefficient (Wildman–Crippen LogP) is 4.18. The van der Waals surface area contributed by atoms with E-state index >= 15 is 0 Å². The molecule has 2 fully saturated rings. The zero-order valence-electron chi connectivity index (χ0n) is 14.3. The van der Waals surface area contributed by atoms with E-state index in [-0.39, 0.29) is 11.7 Å². The van der Waals surface area contributed by atoms with Crippen LogP contribution in [0.15, 0.2) is 34.9 Å². The Morgan fingerprint density at radius 1 is 1.24 bits per heavy atom. The first-order chi connectivity index (χ1) is 12.2. The van der Waals surface area contributed by atoms with E-state index in [1.165, 1.54) is 12.1 Å². The van der Waals surface area contributed by atoms with E-state index < -0.39 is 0 Å². The number of aromatic nitrogens is 1. The van der Waals surface area contributed by atoms with Crippen molar-refractivity contribution in [1.29, 1.82) is 0 Å². The molecule has 0 radical (unpaired) electrons. The predicted molar refractivity (Wildman–Crippen MR) is 91.8 cm³/mol. The third-order valence-electron chi connectivity index (χ3n) is 5.30. The first kappa shape index (κ1) is 16.3. The highest BCUT2D eigenvalue weighted by molar-refractivity contribution is 5.91. The van der Waals surface area contributed by atoms with E-state index in [0.717, 1.165) is 62.9 Å². The maximum atomic E-state index is 13.0. The summed E-state index contributed by atoms with van der Waals surface area (Å²) in [6, 6.07) is 8.52. The van der Waals surface area contributed by atoms with Crippen LogP contribution in [0, 0.1) is 11.7 Å². The van der Waals surface area contributed by atoms with Crippen molar-refractivity contribution in [3.8, 4) is 0 Å². The lowest BCUT2D eigenvalue weighted by Gasteiger charge is -2.32. The minimum atomic E-state index is -0.198. The fourth-order valence-corrected chi connectivity index (χ4v) is 3.62. The largest absolute Gasteiger partial charge is 0.351 e. The SMILES string of the molecule is O=C(c1cc(C2CC2)no1)N1CCC[C@@H](CCc2ccc(F)cc2)C1. The number of aryl methyl sites for hydroxylation is 1. The van der Waals surface area contributed by atoms with Crippen LogP contribution < -0.4 is 0 Å². The molecule has 1 atom stereocenters. The van der Waals surface area contributed by atoms with Gasteiger partial charge < -0.3 is 9.42 Å². The summed E-state index contributed by atoms with van der Waals surface area (Å²) < 4.78 is 18.3. The van der Waals surface area contributed by atoms with Gasteiger partial charge in [-0.15, -0.1) is 0 Å². The number of rotatable bonds is 5. The molecule has 1 aliphatic carbocycles. The van der Waals surface area contributed by atoms with Gasteiger partial charge in [0.15, 0.2) is 0 Å². The second-order valence-electron chi connectivity index (χ2n) is 7.31. The van der Waals surface area contributed by atoms with E-state index in [0.29, 0.717) is 17.6 Å². The molecule has 4 nitrogen and oxygen atoms in total. The maximum Gasteiger partial charge on any atom is 0.292 e. The molecule has 2 aromatic rings. The summed E-state index contributed by atoms with van der Waals surface area (Å²) in [6.45, 7) is 1.55. The molecular formula is C20H23FN2O2. The molecular weight excluding hydrogens is 319 g/mol. The number of likely N-dealkylation sites (tertiary alicyclic amines) is 1. The van der Waals surface area contributed by atoms with Gasteiger partial charge in [-0.1, -0.05) is 17.3 Å². The van der Waals surface area contributed by atoms with Crippen LogP contribution in [0.25, 0.3) is 0 Å². The van der Waals surface area contributed by atoms with Crippen molar-refractivity contribution in [2.45, 2.75) is 44.4 Å². The zero-order chi connectivity index (χ0) is 17.2. The number of hydrogen-bond acceptors (Lipinski definition) is 3. The lowest BCUT2D eigenvalue weighted by Crippen LogP contribution is -2.39. The minimum absolute atomic E-state index is 0.0362. The molecule has 2 aliphatic rings. The van der Waals surface area contributed by atoms with Crippen LogP contribution in [0.2, 0.25) is 0 Å². The van der Waals surface area contributed by atoms with Gasteiger partial charge in [-0.05, 0) is 62.1 Å². The molecule has 1 aromatic carbocycles. The molecule has 0 unspecified atom stereocenters. The van der Waals surface area contributed by atoms with E-state index in [2.05, 4.69) is 5.16 Å². The van der Waals surface area contributed by atoms with Gasteiger partial charge in [-0.25, -0.2) is 4.39 Å². The highest BCUT2D eigenvalue weighted by Gasteiger charge is 2.31. The van der Waals surface area contributed by atoms with E-state index in [9.17, 15) is 9.18 Å². The van der Waals surface area contributed by atoms with Crippen LogP contribution in [0.5, 0.6) is 0 Å². The molecule has 132 valence electrons. The molecule has 1 aliphatic heterocycles. The van der Waals surface area contributed by atoms with Crippen molar-refractivity contribution < 1.29 is 13.7 Å². The number of nitrogens with zero attached hydrogens (tertiary/aromatic N) is 2. The van der Waals surface area contributed by atoms with Crippen LogP contribution >= 0.6 is 0 Å². The van der Waals surface area contributed by atoms with Crippen molar-refractivity contribution in [2.75, 3.05) is 13.1 Å². The summed E-state index contributed by atoms with van der Waals surface area (Å²) >= 11 is 0.